The molecule has 0 aliphatic heterocycles. The van der Waals surface area contributed by atoms with Crippen molar-refractivity contribution in [1.29, 1.82) is 0 Å². The zero-order valence-corrected chi connectivity index (χ0v) is 20.0. The Morgan fingerprint density at radius 2 is 1.97 bits per heavy atom. The van der Waals surface area contributed by atoms with Crippen molar-refractivity contribution in [3.63, 3.8) is 0 Å². The maximum Gasteiger partial charge on any atom is 0.183 e. The first-order valence-corrected chi connectivity index (χ1v) is 12.3. The molecular weight excluding hydrogens is 424 g/mol. The van der Waals surface area contributed by atoms with Gasteiger partial charge in [-0.2, -0.15) is 9.61 Å². The molecule has 6 rings (SSSR count). The molecule has 176 valence electrons. The van der Waals surface area contributed by atoms with Crippen LogP contribution < -0.4 is 5.73 Å². The fourth-order valence-corrected chi connectivity index (χ4v) is 6.25. The Bertz CT molecular complexity index is 1360. The van der Waals surface area contributed by atoms with E-state index in [-0.39, 0.29) is 17.4 Å². The fourth-order valence-electron chi connectivity index (χ4n) is 6.25. The summed E-state index contributed by atoms with van der Waals surface area (Å²) in [5, 5.41) is 14.7. The van der Waals surface area contributed by atoms with Crippen LogP contribution >= 0.6 is 0 Å². The van der Waals surface area contributed by atoms with Crippen molar-refractivity contribution in [3.05, 3.63) is 60.2 Å². The summed E-state index contributed by atoms with van der Waals surface area (Å²) in [5.41, 5.74) is 11.0. The topological polar surface area (TPSA) is 102 Å². The number of fused-ring (bicyclic) bond motifs is 3. The third-order valence-electron chi connectivity index (χ3n) is 7.96. The van der Waals surface area contributed by atoms with E-state index in [1.165, 1.54) is 0 Å². The normalized spacial score (nSPS) is 35.5. The van der Waals surface area contributed by atoms with Crippen molar-refractivity contribution in [2.75, 3.05) is 0 Å². The van der Waals surface area contributed by atoms with Crippen LogP contribution in [0, 0.1) is 17.8 Å². The summed E-state index contributed by atoms with van der Waals surface area (Å²) in [6.45, 7) is 6.40. The summed E-state index contributed by atoms with van der Waals surface area (Å²) in [5.74, 6) is 1.37. The average Bonchev–Trinajstić information content (AvgIpc) is 3.28. The van der Waals surface area contributed by atoms with E-state index in [1.807, 2.05) is 13.0 Å². The van der Waals surface area contributed by atoms with Gasteiger partial charge in [0, 0.05) is 17.5 Å². The quantitative estimate of drug-likeness (QED) is 0.573. The lowest BCUT2D eigenvalue weighted by Gasteiger charge is -2.53. The number of allylic oxidation sites excluding steroid dienone is 5. The van der Waals surface area contributed by atoms with Gasteiger partial charge in [-0.25, -0.2) is 15.0 Å². The number of aromatic nitrogens is 5. The zero-order valence-electron chi connectivity index (χ0n) is 20.0. The maximum atomic E-state index is 10.2. The Balaban J connectivity index is 1.43. The van der Waals surface area contributed by atoms with Gasteiger partial charge in [-0.05, 0) is 55.9 Å². The first-order chi connectivity index (χ1) is 16.2. The largest absolute Gasteiger partial charge is 0.390 e. The summed E-state index contributed by atoms with van der Waals surface area (Å²) in [6.07, 6.45) is 17.9. The van der Waals surface area contributed by atoms with Gasteiger partial charge in [-0.1, -0.05) is 44.2 Å². The first kappa shape index (κ1) is 21.6. The van der Waals surface area contributed by atoms with Crippen molar-refractivity contribution in [2.24, 2.45) is 23.5 Å². The van der Waals surface area contributed by atoms with Crippen LogP contribution in [-0.4, -0.2) is 40.8 Å². The van der Waals surface area contributed by atoms with Gasteiger partial charge in [-0.15, -0.1) is 0 Å². The molecule has 3 aliphatic rings. The zero-order chi connectivity index (χ0) is 23.7. The number of nitrogens with two attached hydrogens (primary N) is 1. The fraction of sp³-hybridized carbons (Fsp3) is 0.481. The second kappa shape index (κ2) is 7.55. The molecule has 7 heteroatoms. The third-order valence-corrected chi connectivity index (χ3v) is 7.96. The van der Waals surface area contributed by atoms with Crippen LogP contribution in [0.4, 0.5) is 0 Å². The highest BCUT2D eigenvalue weighted by atomic mass is 16.3. The van der Waals surface area contributed by atoms with E-state index in [0.717, 1.165) is 46.6 Å². The number of hydrogen-bond donors (Lipinski definition) is 2. The number of hydrogen-bond acceptors (Lipinski definition) is 6. The Morgan fingerprint density at radius 3 is 2.71 bits per heavy atom. The molecule has 3 aliphatic carbocycles. The molecule has 0 saturated heterocycles. The van der Waals surface area contributed by atoms with Crippen LogP contribution in [0.15, 0.2) is 48.8 Å². The van der Waals surface area contributed by atoms with Crippen molar-refractivity contribution >= 4 is 22.4 Å². The predicted octanol–water partition coefficient (Wildman–Crippen LogP) is 4.19. The van der Waals surface area contributed by atoms with Gasteiger partial charge < -0.3 is 10.8 Å². The van der Waals surface area contributed by atoms with Crippen molar-refractivity contribution in [1.82, 2.24) is 24.6 Å². The second-order valence-corrected chi connectivity index (χ2v) is 11.0. The smallest absolute Gasteiger partial charge is 0.183 e. The molecule has 34 heavy (non-hydrogen) atoms. The summed E-state index contributed by atoms with van der Waals surface area (Å²) >= 11 is 0. The third kappa shape index (κ3) is 3.49. The lowest BCUT2D eigenvalue weighted by atomic mass is 9.59. The minimum Gasteiger partial charge on any atom is -0.390 e. The standard InChI is InChI=1S/C27H32N6O/c1-16-4-5-17(2)20(12-16)24-23(31-21-13-29-22-10-11-30-33(22)25(21)32-24)18-6-8-19(9-7-18)27(28)14-26(3,34)15-27/h4-8,10-11,13,16-17,19-20,34H,9,12,14-15,28H2,1-3H3. The molecule has 3 aromatic rings. The molecule has 0 spiro atoms. The molecule has 1 fully saturated rings. The first-order valence-electron chi connectivity index (χ1n) is 12.3. The molecule has 3 heterocycles. The molecule has 4 unspecified atom stereocenters. The van der Waals surface area contributed by atoms with E-state index in [0.29, 0.717) is 24.7 Å². The Morgan fingerprint density at radius 1 is 1.15 bits per heavy atom. The molecule has 3 aromatic heterocycles. The van der Waals surface area contributed by atoms with Crippen molar-refractivity contribution in [3.8, 4) is 0 Å². The molecule has 4 atom stereocenters. The van der Waals surface area contributed by atoms with E-state index < -0.39 is 5.60 Å². The molecular formula is C27H32N6O. The predicted molar refractivity (Wildman–Crippen MR) is 133 cm³/mol. The Labute approximate surface area is 199 Å². The molecule has 7 nitrogen and oxygen atoms in total. The summed E-state index contributed by atoms with van der Waals surface area (Å²) in [7, 11) is 0. The van der Waals surface area contributed by atoms with Crippen LogP contribution in [-0.2, 0) is 0 Å². The minimum atomic E-state index is -0.643. The highest BCUT2D eigenvalue weighted by molar-refractivity contribution is 5.80. The van der Waals surface area contributed by atoms with E-state index in [1.54, 1.807) is 16.9 Å². The van der Waals surface area contributed by atoms with Gasteiger partial charge in [0.05, 0.1) is 29.4 Å². The number of aliphatic hydroxyl groups is 1. The van der Waals surface area contributed by atoms with Gasteiger partial charge in [0.2, 0.25) is 0 Å². The van der Waals surface area contributed by atoms with Gasteiger partial charge in [0.15, 0.2) is 11.3 Å². The van der Waals surface area contributed by atoms with E-state index >= 15 is 0 Å². The highest BCUT2D eigenvalue weighted by Gasteiger charge is 2.52. The van der Waals surface area contributed by atoms with Gasteiger partial charge in [0.1, 0.15) is 5.52 Å². The molecule has 1 saturated carbocycles. The van der Waals surface area contributed by atoms with Crippen molar-refractivity contribution < 1.29 is 5.11 Å². The van der Waals surface area contributed by atoms with Crippen LogP contribution in [0.1, 0.15) is 63.8 Å². The molecule has 3 N–H and O–H groups in total. The van der Waals surface area contributed by atoms with Crippen LogP contribution in [0.5, 0.6) is 0 Å². The van der Waals surface area contributed by atoms with Crippen LogP contribution in [0.25, 0.3) is 22.4 Å². The average molecular weight is 457 g/mol. The second-order valence-electron chi connectivity index (χ2n) is 11.0. The summed E-state index contributed by atoms with van der Waals surface area (Å²) < 4.78 is 1.78. The number of nitrogens with zero attached hydrogens (tertiary/aromatic N) is 5. The molecule has 0 amide bonds. The van der Waals surface area contributed by atoms with E-state index in [4.69, 9.17) is 15.7 Å². The van der Waals surface area contributed by atoms with Gasteiger partial charge in [-0.3, -0.25) is 0 Å². The van der Waals surface area contributed by atoms with E-state index in [9.17, 15) is 5.11 Å². The monoisotopic (exact) mass is 456 g/mol. The minimum absolute atomic E-state index is 0.218. The van der Waals surface area contributed by atoms with Crippen molar-refractivity contribution in [2.45, 2.75) is 63.5 Å². The van der Waals surface area contributed by atoms with Gasteiger partial charge >= 0.3 is 0 Å². The number of rotatable bonds is 3. The molecule has 0 radical (unpaired) electrons. The van der Waals surface area contributed by atoms with E-state index in [2.05, 4.69) is 54.3 Å². The summed E-state index contributed by atoms with van der Waals surface area (Å²) in [6, 6.07) is 1.88. The Kier molecular flexibility index (Phi) is 4.80. The lowest BCUT2D eigenvalue weighted by molar-refractivity contribution is -0.0851. The van der Waals surface area contributed by atoms with Crippen LogP contribution in [0.3, 0.4) is 0 Å². The molecule has 0 bridgehead atoms. The van der Waals surface area contributed by atoms with Crippen LogP contribution in [0.2, 0.25) is 0 Å². The van der Waals surface area contributed by atoms with Gasteiger partial charge in [0.25, 0.3) is 0 Å². The maximum absolute atomic E-state index is 10.2. The summed E-state index contributed by atoms with van der Waals surface area (Å²) in [4.78, 5) is 14.8. The SMILES string of the molecule is CC1C=CC(C)C(c2nc3c(cnc4ccnn43)nc2C2=CCC(C3(N)CC(C)(O)C3)C=C2)C1. The molecule has 0 aromatic carbocycles. The Hall–Kier alpha value is -2.90. The lowest BCUT2D eigenvalue weighted by Crippen LogP contribution is -2.64. The highest BCUT2D eigenvalue weighted by Crippen LogP contribution is 2.47.